The molecule has 16 heteroatoms. The van der Waals surface area contributed by atoms with Gasteiger partial charge in [-0.25, -0.2) is 9.13 Å². The molecule has 342 valence electrons. The fourth-order valence-electron chi connectivity index (χ4n) is 5.41. The summed E-state index contributed by atoms with van der Waals surface area (Å²) in [7, 11) is -9.73. The highest BCUT2D eigenvalue weighted by molar-refractivity contribution is 7.47. The Morgan fingerprint density at radius 2 is 1.12 bits per heavy atom. The van der Waals surface area contributed by atoms with E-state index in [4.69, 9.17) is 23.8 Å². The number of unbranched alkanes of at least 4 members (excludes halogenated alkanes) is 9. The van der Waals surface area contributed by atoms with Crippen LogP contribution in [0, 0.1) is 5.92 Å². The standard InChI is InChI=1S/C43H76O14P2/c1-4-6-7-8-9-10-11-12-13-17-20-23-26-30-39(44)31-28-33-42(46)53-36-41(37-56-59(51,52)55-35-40(45)34-54-58(48,49)50)57-43(47)32-27-24-21-18-15-14-16-19-22-25-29-38(3)5-2/h6-7,9-10,12-13,20,23,26,30,38-41,44-45H,4-5,8,11,14-19,21-22,24-25,27-29,31-37H2,1-3H3,(H,51,52)(H2,48,49,50)/b7-6-,10-9-,13-12-,23-20-,30-26+/t38?,39?,40-,41+/m0/s1. The van der Waals surface area contributed by atoms with Crippen LogP contribution in [0.3, 0.4) is 0 Å². The van der Waals surface area contributed by atoms with Crippen LogP contribution < -0.4 is 0 Å². The van der Waals surface area contributed by atoms with Gasteiger partial charge in [0, 0.05) is 12.8 Å². The Hall–Kier alpha value is -2.22. The second-order valence-corrected chi connectivity index (χ2v) is 17.4. The first kappa shape index (κ1) is 56.8. The van der Waals surface area contributed by atoms with Crippen molar-refractivity contribution in [2.24, 2.45) is 5.92 Å². The largest absolute Gasteiger partial charge is 0.472 e. The first-order valence-corrected chi connectivity index (χ1v) is 24.5. The number of carbonyl (C=O) groups is 2. The molecule has 0 aliphatic heterocycles. The molecule has 0 aromatic rings. The summed E-state index contributed by atoms with van der Waals surface area (Å²) >= 11 is 0. The number of carbonyl (C=O) groups excluding carboxylic acids is 2. The Morgan fingerprint density at radius 3 is 1.71 bits per heavy atom. The average molecular weight is 879 g/mol. The van der Waals surface area contributed by atoms with Crippen molar-refractivity contribution in [2.75, 3.05) is 26.4 Å². The van der Waals surface area contributed by atoms with E-state index in [0.29, 0.717) is 19.3 Å². The van der Waals surface area contributed by atoms with E-state index in [-0.39, 0.29) is 12.8 Å². The van der Waals surface area contributed by atoms with Gasteiger partial charge in [-0.2, -0.15) is 0 Å². The molecule has 14 nitrogen and oxygen atoms in total. The van der Waals surface area contributed by atoms with Gasteiger partial charge in [0.05, 0.1) is 25.9 Å². The summed E-state index contributed by atoms with van der Waals surface area (Å²) in [6.45, 7) is 3.73. The van der Waals surface area contributed by atoms with Crippen LogP contribution in [-0.2, 0) is 41.8 Å². The average Bonchev–Trinajstić information content (AvgIpc) is 3.19. The summed E-state index contributed by atoms with van der Waals surface area (Å²) in [5.41, 5.74) is 0. The van der Waals surface area contributed by atoms with E-state index >= 15 is 0 Å². The third kappa shape index (κ3) is 40.9. The maximum atomic E-state index is 12.7. The van der Waals surface area contributed by atoms with Crippen molar-refractivity contribution in [3.8, 4) is 0 Å². The van der Waals surface area contributed by atoms with E-state index in [9.17, 15) is 33.8 Å². The minimum Gasteiger partial charge on any atom is -0.462 e. The first-order chi connectivity index (χ1) is 28.2. The number of hydrogen-bond donors (Lipinski definition) is 5. The first-order valence-electron chi connectivity index (χ1n) is 21.5. The number of aliphatic hydroxyl groups is 2. The predicted molar refractivity (Wildman–Crippen MR) is 231 cm³/mol. The Morgan fingerprint density at radius 1 is 0.593 bits per heavy atom. The van der Waals surface area contributed by atoms with Crippen LogP contribution >= 0.6 is 15.6 Å². The van der Waals surface area contributed by atoms with E-state index in [2.05, 4.69) is 66.3 Å². The quantitative estimate of drug-likeness (QED) is 0.0128. The smallest absolute Gasteiger partial charge is 0.462 e. The minimum absolute atomic E-state index is 0.0369. The van der Waals surface area contributed by atoms with Gasteiger partial charge < -0.3 is 34.4 Å². The molecule has 5 N–H and O–H groups in total. The van der Waals surface area contributed by atoms with E-state index in [1.54, 1.807) is 12.2 Å². The fourth-order valence-corrected chi connectivity index (χ4v) is 6.57. The van der Waals surface area contributed by atoms with Crippen LogP contribution in [0.2, 0.25) is 0 Å². The predicted octanol–water partition coefficient (Wildman–Crippen LogP) is 9.67. The normalized spacial score (nSPS) is 15.7. The fraction of sp³-hybridized carbons (Fsp3) is 0.721. The molecule has 0 rings (SSSR count). The molecule has 0 spiro atoms. The maximum Gasteiger partial charge on any atom is 0.472 e. The Kier molecular flexibility index (Phi) is 36.1. The number of allylic oxidation sites excluding steroid dienone is 9. The highest BCUT2D eigenvalue weighted by Gasteiger charge is 2.28. The molecule has 0 saturated heterocycles. The van der Waals surface area contributed by atoms with Crippen molar-refractivity contribution in [3.05, 3.63) is 60.8 Å². The lowest BCUT2D eigenvalue weighted by Crippen LogP contribution is -2.30. The van der Waals surface area contributed by atoms with Gasteiger partial charge in [0.2, 0.25) is 0 Å². The highest BCUT2D eigenvalue weighted by Crippen LogP contribution is 2.43. The highest BCUT2D eigenvalue weighted by atomic mass is 31.2. The van der Waals surface area contributed by atoms with E-state index in [1.165, 1.54) is 44.9 Å². The summed E-state index contributed by atoms with van der Waals surface area (Å²) < 4.78 is 47.6. The topological polar surface area (TPSA) is 216 Å². The van der Waals surface area contributed by atoms with Gasteiger partial charge in [-0.1, -0.05) is 152 Å². The van der Waals surface area contributed by atoms with E-state index in [1.807, 2.05) is 12.2 Å². The Balaban J connectivity index is 4.73. The second-order valence-electron chi connectivity index (χ2n) is 14.7. The molecule has 3 unspecified atom stereocenters. The van der Waals surface area contributed by atoms with Gasteiger partial charge in [0.1, 0.15) is 12.7 Å². The van der Waals surface area contributed by atoms with Crippen molar-refractivity contribution in [1.82, 2.24) is 0 Å². The van der Waals surface area contributed by atoms with Crippen molar-refractivity contribution in [3.63, 3.8) is 0 Å². The van der Waals surface area contributed by atoms with Crippen molar-refractivity contribution in [1.29, 1.82) is 0 Å². The molecule has 0 amide bonds. The second kappa shape index (κ2) is 37.5. The number of aliphatic hydroxyl groups excluding tert-OH is 2. The number of phosphoric acid groups is 2. The lowest BCUT2D eigenvalue weighted by molar-refractivity contribution is -0.161. The molecule has 0 aromatic carbocycles. The number of rotatable bonds is 39. The summed E-state index contributed by atoms with van der Waals surface area (Å²) in [5.74, 6) is -0.431. The van der Waals surface area contributed by atoms with Crippen LogP contribution in [0.25, 0.3) is 0 Å². The molecule has 0 radical (unpaired) electrons. The maximum absolute atomic E-state index is 12.7. The SMILES string of the molecule is CC/C=C\C/C=C\C/C=C\C/C=C\C=C\C(O)CCCC(=O)OC[C@H](COP(=O)(O)OC[C@@H](O)COP(=O)(O)O)OC(=O)CCCCCCCCCCCCC(C)CC. The van der Waals surface area contributed by atoms with Gasteiger partial charge in [0.25, 0.3) is 0 Å². The molecule has 5 atom stereocenters. The third-order valence-corrected chi connectivity index (χ3v) is 10.5. The van der Waals surface area contributed by atoms with E-state index in [0.717, 1.165) is 57.3 Å². The Bertz CT molecular complexity index is 1310. The van der Waals surface area contributed by atoms with Gasteiger partial charge in [-0.05, 0) is 50.9 Å². The molecular formula is C43H76O14P2. The van der Waals surface area contributed by atoms with E-state index < -0.39 is 72.3 Å². The zero-order valence-corrected chi connectivity index (χ0v) is 37.6. The van der Waals surface area contributed by atoms with Crippen LogP contribution in [0.4, 0.5) is 0 Å². The molecule has 0 bridgehead atoms. The van der Waals surface area contributed by atoms with Crippen molar-refractivity contribution < 1.29 is 66.7 Å². The summed E-state index contributed by atoms with van der Waals surface area (Å²) in [6.07, 6.45) is 33.9. The number of hydrogen-bond acceptors (Lipinski definition) is 11. The number of phosphoric ester groups is 2. The zero-order chi connectivity index (χ0) is 44.0. The van der Waals surface area contributed by atoms with Gasteiger partial charge in [0.15, 0.2) is 6.10 Å². The molecule has 0 aliphatic rings. The number of esters is 2. The lowest BCUT2D eigenvalue weighted by Gasteiger charge is -2.20. The molecule has 0 heterocycles. The summed E-state index contributed by atoms with van der Waals surface area (Å²) in [5, 5.41) is 20.0. The molecule has 0 aromatic heterocycles. The summed E-state index contributed by atoms with van der Waals surface area (Å²) in [4.78, 5) is 52.7. The molecule has 0 aliphatic carbocycles. The molecular weight excluding hydrogens is 802 g/mol. The molecule has 0 saturated carbocycles. The monoisotopic (exact) mass is 878 g/mol. The van der Waals surface area contributed by atoms with Crippen molar-refractivity contribution in [2.45, 2.75) is 167 Å². The van der Waals surface area contributed by atoms with Crippen LogP contribution in [0.1, 0.15) is 149 Å². The van der Waals surface area contributed by atoms with Crippen molar-refractivity contribution >= 4 is 27.6 Å². The van der Waals surface area contributed by atoms with Gasteiger partial charge in [-0.3, -0.25) is 23.2 Å². The van der Waals surface area contributed by atoms with Gasteiger partial charge in [-0.15, -0.1) is 0 Å². The van der Waals surface area contributed by atoms with Crippen LogP contribution in [0.15, 0.2) is 60.8 Å². The van der Waals surface area contributed by atoms with Gasteiger partial charge >= 0.3 is 27.6 Å². The minimum atomic E-state index is -4.88. The number of ether oxygens (including phenoxy) is 2. The summed E-state index contributed by atoms with van der Waals surface area (Å²) in [6, 6.07) is 0. The zero-order valence-electron chi connectivity index (χ0n) is 35.9. The van der Waals surface area contributed by atoms with Crippen LogP contribution in [-0.4, -0.2) is 81.6 Å². The Labute approximate surface area is 354 Å². The van der Waals surface area contributed by atoms with Crippen LogP contribution in [0.5, 0.6) is 0 Å². The molecule has 0 fully saturated rings. The third-order valence-electron chi connectivity index (χ3n) is 9.06. The lowest BCUT2D eigenvalue weighted by atomic mass is 9.99. The molecule has 59 heavy (non-hydrogen) atoms.